The zero-order valence-corrected chi connectivity index (χ0v) is 8.33. The molecule has 12 heavy (non-hydrogen) atoms. The SMILES string of the molecule is CC.CCOC(C)c1ccco1. The third-order valence-electron chi connectivity index (χ3n) is 1.36. The van der Waals surface area contributed by atoms with Crippen LogP contribution in [-0.2, 0) is 4.74 Å². The Morgan fingerprint density at radius 3 is 2.58 bits per heavy atom. The van der Waals surface area contributed by atoms with Gasteiger partial charge in [0.25, 0.3) is 0 Å². The van der Waals surface area contributed by atoms with Gasteiger partial charge in [0, 0.05) is 6.61 Å². The van der Waals surface area contributed by atoms with Gasteiger partial charge in [-0.3, -0.25) is 0 Å². The molecule has 0 N–H and O–H groups in total. The minimum Gasteiger partial charge on any atom is -0.467 e. The zero-order chi connectivity index (χ0) is 9.40. The highest BCUT2D eigenvalue weighted by Crippen LogP contribution is 2.15. The average molecular weight is 170 g/mol. The molecule has 1 rings (SSSR count). The van der Waals surface area contributed by atoms with Gasteiger partial charge in [0.05, 0.1) is 6.26 Å². The highest BCUT2D eigenvalue weighted by atomic mass is 16.5. The summed E-state index contributed by atoms with van der Waals surface area (Å²) in [7, 11) is 0. The normalized spacial score (nSPS) is 11.7. The molecule has 0 aliphatic rings. The first kappa shape index (κ1) is 11.2. The van der Waals surface area contributed by atoms with Crippen molar-refractivity contribution in [2.75, 3.05) is 6.61 Å². The molecule has 1 aromatic heterocycles. The van der Waals surface area contributed by atoms with Gasteiger partial charge in [0.15, 0.2) is 0 Å². The van der Waals surface area contributed by atoms with Crippen molar-refractivity contribution in [3.63, 3.8) is 0 Å². The molecule has 0 fully saturated rings. The number of ether oxygens (including phenoxy) is 1. The summed E-state index contributed by atoms with van der Waals surface area (Å²) >= 11 is 0. The van der Waals surface area contributed by atoms with E-state index in [2.05, 4.69) is 0 Å². The smallest absolute Gasteiger partial charge is 0.132 e. The van der Waals surface area contributed by atoms with Crippen molar-refractivity contribution in [1.82, 2.24) is 0 Å². The quantitative estimate of drug-likeness (QED) is 0.693. The molecule has 2 nitrogen and oxygen atoms in total. The van der Waals surface area contributed by atoms with Crippen molar-refractivity contribution < 1.29 is 9.15 Å². The standard InChI is InChI=1S/C8H12O2.C2H6/c1-3-9-7(2)8-5-4-6-10-8;1-2/h4-7H,3H2,1-2H3;1-2H3. The van der Waals surface area contributed by atoms with Crippen molar-refractivity contribution in [2.45, 2.75) is 33.8 Å². The Morgan fingerprint density at radius 2 is 2.17 bits per heavy atom. The summed E-state index contributed by atoms with van der Waals surface area (Å²) < 4.78 is 10.4. The monoisotopic (exact) mass is 170 g/mol. The van der Waals surface area contributed by atoms with Gasteiger partial charge < -0.3 is 9.15 Å². The second-order valence-electron chi connectivity index (χ2n) is 2.11. The molecule has 0 aliphatic heterocycles. The van der Waals surface area contributed by atoms with E-state index in [0.29, 0.717) is 0 Å². The van der Waals surface area contributed by atoms with Gasteiger partial charge in [-0.25, -0.2) is 0 Å². The Bertz CT molecular complexity index is 168. The highest BCUT2D eigenvalue weighted by molar-refractivity contribution is 5.00. The van der Waals surface area contributed by atoms with Crippen molar-refractivity contribution in [2.24, 2.45) is 0 Å². The molecule has 0 radical (unpaired) electrons. The van der Waals surface area contributed by atoms with E-state index in [9.17, 15) is 0 Å². The Kier molecular flexibility index (Phi) is 6.48. The third kappa shape index (κ3) is 3.58. The number of furan rings is 1. The van der Waals surface area contributed by atoms with E-state index >= 15 is 0 Å². The van der Waals surface area contributed by atoms with Crippen molar-refractivity contribution in [3.8, 4) is 0 Å². The Hall–Kier alpha value is -0.760. The van der Waals surface area contributed by atoms with Crippen LogP contribution in [-0.4, -0.2) is 6.61 Å². The van der Waals surface area contributed by atoms with Crippen molar-refractivity contribution in [1.29, 1.82) is 0 Å². The molecule has 1 atom stereocenters. The molecule has 0 aromatic carbocycles. The predicted octanol–water partition coefficient (Wildman–Crippen LogP) is 3.40. The predicted molar refractivity (Wildman–Crippen MR) is 50.1 cm³/mol. The molecule has 0 saturated heterocycles. The number of hydrogen-bond donors (Lipinski definition) is 0. The van der Waals surface area contributed by atoms with Gasteiger partial charge in [-0.15, -0.1) is 0 Å². The summed E-state index contributed by atoms with van der Waals surface area (Å²) in [5.41, 5.74) is 0. The maximum absolute atomic E-state index is 5.29. The summed E-state index contributed by atoms with van der Waals surface area (Å²) in [4.78, 5) is 0. The molecule has 0 amide bonds. The van der Waals surface area contributed by atoms with Gasteiger partial charge in [0.1, 0.15) is 11.9 Å². The van der Waals surface area contributed by atoms with Crippen LogP contribution >= 0.6 is 0 Å². The van der Waals surface area contributed by atoms with Crippen LogP contribution in [0.5, 0.6) is 0 Å². The molecule has 2 heteroatoms. The molecule has 0 saturated carbocycles. The van der Waals surface area contributed by atoms with Crippen LogP contribution in [0.3, 0.4) is 0 Å². The Labute approximate surface area is 74.5 Å². The first-order chi connectivity index (χ1) is 5.84. The minimum atomic E-state index is 0.0833. The lowest BCUT2D eigenvalue weighted by molar-refractivity contribution is 0.0604. The van der Waals surface area contributed by atoms with E-state index in [1.807, 2.05) is 39.8 Å². The molecule has 0 spiro atoms. The van der Waals surface area contributed by atoms with Crippen LogP contribution < -0.4 is 0 Å². The fourth-order valence-corrected chi connectivity index (χ4v) is 0.855. The maximum atomic E-state index is 5.29. The van der Waals surface area contributed by atoms with E-state index in [1.165, 1.54) is 0 Å². The summed E-state index contributed by atoms with van der Waals surface area (Å²) in [6.45, 7) is 8.67. The van der Waals surface area contributed by atoms with Gasteiger partial charge in [0.2, 0.25) is 0 Å². The molecular weight excluding hydrogens is 152 g/mol. The molecule has 70 valence electrons. The van der Waals surface area contributed by atoms with Crippen LogP contribution in [0.1, 0.15) is 39.6 Å². The van der Waals surface area contributed by atoms with Crippen LogP contribution in [0, 0.1) is 0 Å². The van der Waals surface area contributed by atoms with E-state index in [1.54, 1.807) is 6.26 Å². The first-order valence-electron chi connectivity index (χ1n) is 4.49. The second kappa shape index (κ2) is 6.92. The number of hydrogen-bond acceptors (Lipinski definition) is 2. The third-order valence-corrected chi connectivity index (χ3v) is 1.36. The number of rotatable bonds is 3. The Balaban J connectivity index is 0.000000561. The van der Waals surface area contributed by atoms with Gasteiger partial charge in [-0.1, -0.05) is 13.8 Å². The summed E-state index contributed by atoms with van der Waals surface area (Å²) in [5, 5.41) is 0. The van der Waals surface area contributed by atoms with E-state index in [4.69, 9.17) is 9.15 Å². The molecule has 1 heterocycles. The fraction of sp³-hybridized carbons (Fsp3) is 0.600. The lowest BCUT2D eigenvalue weighted by Crippen LogP contribution is -1.96. The van der Waals surface area contributed by atoms with E-state index in [0.717, 1.165) is 12.4 Å². The van der Waals surface area contributed by atoms with Gasteiger partial charge >= 0.3 is 0 Å². The van der Waals surface area contributed by atoms with E-state index in [-0.39, 0.29) is 6.10 Å². The largest absolute Gasteiger partial charge is 0.467 e. The van der Waals surface area contributed by atoms with Crippen molar-refractivity contribution >= 4 is 0 Å². The van der Waals surface area contributed by atoms with Gasteiger partial charge in [-0.05, 0) is 26.0 Å². The van der Waals surface area contributed by atoms with E-state index < -0.39 is 0 Å². The molecule has 1 unspecified atom stereocenters. The highest BCUT2D eigenvalue weighted by Gasteiger charge is 2.05. The zero-order valence-electron chi connectivity index (χ0n) is 8.33. The topological polar surface area (TPSA) is 22.4 Å². The van der Waals surface area contributed by atoms with Crippen LogP contribution in [0.4, 0.5) is 0 Å². The summed E-state index contributed by atoms with van der Waals surface area (Å²) in [6.07, 6.45) is 1.74. The average Bonchev–Trinajstić information content (AvgIpc) is 2.60. The lowest BCUT2D eigenvalue weighted by atomic mass is 10.3. The first-order valence-corrected chi connectivity index (χ1v) is 4.49. The molecule has 1 aromatic rings. The maximum Gasteiger partial charge on any atom is 0.132 e. The second-order valence-corrected chi connectivity index (χ2v) is 2.11. The molecule has 0 bridgehead atoms. The van der Waals surface area contributed by atoms with Crippen LogP contribution in [0.25, 0.3) is 0 Å². The fourth-order valence-electron chi connectivity index (χ4n) is 0.855. The van der Waals surface area contributed by atoms with Gasteiger partial charge in [-0.2, -0.15) is 0 Å². The minimum absolute atomic E-state index is 0.0833. The molecular formula is C10H18O2. The lowest BCUT2D eigenvalue weighted by Gasteiger charge is -2.06. The summed E-state index contributed by atoms with van der Waals surface area (Å²) in [6, 6.07) is 3.78. The Morgan fingerprint density at radius 1 is 1.50 bits per heavy atom. The summed E-state index contributed by atoms with van der Waals surface area (Å²) in [5.74, 6) is 0.891. The van der Waals surface area contributed by atoms with Crippen molar-refractivity contribution in [3.05, 3.63) is 24.2 Å². The van der Waals surface area contributed by atoms with Crippen LogP contribution in [0.15, 0.2) is 22.8 Å². The molecule has 0 aliphatic carbocycles. The van der Waals surface area contributed by atoms with Crippen LogP contribution in [0.2, 0.25) is 0 Å².